The van der Waals surface area contributed by atoms with Crippen LogP contribution in [0.25, 0.3) is 0 Å². The number of alkyl halides is 3. The van der Waals surface area contributed by atoms with Gasteiger partial charge in [0.1, 0.15) is 5.69 Å². The Kier molecular flexibility index (Phi) is 3.41. The zero-order valence-electron chi connectivity index (χ0n) is 10.4. The number of carboxylic acids is 1. The Morgan fingerprint density at radius 1 is 1.45 bits per heavy atom. The summed E-state index contributed by atoms with van der Waals surface area (Å²) in [5.74, 6) is -2.37. The molecule has 2 rings (SSSR count). The van der Waals surface area contributed by atoms with Gasteiger partial charge in [-0.3, -0.25) is 9.59 Å². The van der Waals surface area contributed by atoms with Crippen LogP contribution in [0.15, 0.2) is 12.1 Å². The van der Waals surface area contributed by atoms with E-state index in [-0.39, 0.29) is 24.3 Å². The van der Waals surface area contributed by atoms with Crippen molar-refractivity contribution in [1.29, 1.82) is 0 Å². The summed E-state index contributed by atoms with van der Waals surface area (Å²) in [6.45, 7) is 1.30. The van der Waals surface area contributed by atoms with Gasteiger partial charge in [-0.25, -0.2) is 4.98 Å². The maximum absolute atomic E-state index is 12.5. The van der Waals surface area contributed by atoms with E-state index in [4.69, 9.17) is 5.11 Å². The molecule has 1 amide bonds. The van der Waals surface area contributed by atoms with Gasteiger partial charge in [-0.05, 0) is 19.1 Å². The molecule has 1 aromatic rings. The van der Waals surface area contributed by atoms with Crippen molar-refractivity contribution in [3.8, 4) is 0 Å². The molecule has 20 heavy (non-hydrogen) atoms. The molecule has 2 heterocycles. The Bertz CT molecular complexity index is 572. The standard InChI is InChI=1S/C12H11F3N2O3/c1-6-8(2-3-9(16-6)12(13,14)15)17-5-7(11(19)20)4-10(17)18/h2-3,7H,4-5H2,1H3,(H,19,20). The highest BCUT2D eigenvalue weighted by Gasteiger charge is 2.37. The van der Waals surface area contributed by atoms with Gasteiger partial charge in [0.15, 0.2) is 0 Å². The molecular weight excluding hydrogens is 277 g/mol. The molecule has 0 saturated carbocycles. The topological polar surface area (TPSA) is 70.5 Å². The van der Waals surface area contributed by atoms with Gasteiger partial charge in [0, 0.05) is 13.0 Å². The van der Waals surface area contributed by atoms with E-state index in [9.17, 15) is 22.8 Å². The number of nitrogens with zero attached hydrogens (tertiary/aromatic N) is 2. The second-order valence-electron chi connectivity index (χ2n) is 4.54. The average Bonchev–Trinajstić information content (AvgIpc) is 2.70. The number of halogens is 3. The number of carboxylic acid groups (broad SMARTS) is 1. The van der Waals surface area contributed by atoms with Gasteiger partial charge in [-0.1, -0.05) is 0 Å². The van der Waals surface area contributed by atoms with Crippen LogP contribution in [-0.2, 0) is 15.8 Å². The van der Waals surface area contributed by atoms with Crippen molar-refractivity contribution < 1.29 is 27.9 Å². The molecule has 8 heteroatoms. The second kappa shape index (κ2) is 4.77. The SMILES string of the molecule is Cc1nc(C(F)(F)F)ccc1N1CC(C(=O)O)CC1=O. The minimum Gasteiger partial charge on any atom is -0.481 e. The normalized spacial score (nSPS) is 19.5. The van der Waals surface area contributed by atoms with Crippen molar-refractivity contribution in [1.82, 2.24) is 4.98 Å². The van der Waals surface area contributed by atoms with Crippen molar-refractivity contribution in [3.05, 3.63) is 23.5 Å². The van der Waals surface area contributed by atoms with E-state index in [1.807, 2.05) is 0 Å². The third-order valence-corrected chi connectivity index (χ3v) is 3.11. The Balaban J connectivity index is 2.31. The van der Waals surface area contributed by atoms with E-state index >= 15 is 0 Å². The lowest BCUT2D eigenvalue weighted by Gasteiger charge is -2.19. The summed E-state index contributed by atoms with van der Waals surface area (Å²) in [7, 11) is 0. The summed E-state index contributed by atoms with van der Waals surface area (Å²) >= 11 is 0. The van der Waals surface area contributed by atoms with Gasteiger partial charge in [-0.15, -0.1) is 0 Å². The quantitative estimate of drug-likeness (QED) is 0.901. The van der Waals surface area contributed by atoms with Gasteiger partial charge in [0.2, 0.25) is 5.91 Å². The number of pyridine rings is 1. The van der Waals surface area contributed by atoms with E-state index in [0.717, 1.165) is 12.1 Å². The maximum atomic E-state index is 12.5. The predicted molar refractivity (Wildman–Crippen MR) is 62.1 cm³/mol. The van der Waals surface area contributed by atoms with Gasteiger partial charge in [-0.2, -0.15) is 13.2 Å². The molecule has 1 N–H and O–H groups in total. The van der Waals surface area contributed by atoms with Gasteiger partial charge in [0.05, 0.1) is 17.3 Å². The summed E-state index contributed by atoms with van der Waals surface area (Å²) in [5.41, 5.74) is -0.786. The number of aryl methyl sites for hydroxylation is 1. The Morgan fingerprint density at radius 3 is 2.55 bits per heavy atom. The molecule has 1 aliphatic rings. The first-order chi connectivity index (χ1) is 9.20. The maximum Gasteiger partial charge on any atom is 0.433 e. The molecule has 1 atom stereocenters. The summed E-state index contributed by atoms with van der Waals surface area (Å²) in [4.78, 5) is 27.2. The number of hydrogen-bond donors (Lipinski definition) is 1. The van der Waals surface area contributed by atoms with Gasteiger partial charge < -0.3 is 10.0 Å². The van der Waals surface area contributed by atoms with Crippen LogP contribution >= 0.6 is 0 Å². The first kappa shape index (κ1) is 14.3. The summed E-state index contributed by atoms with van der Waals surface area (Å²) in [5, 5.41) is 8.87. The third-order valence-electron chi connectivity index (χ3n) is 3.11. The number of carbonyl (C=O) groups is 2. The lowest BCUT2D eigenvalue weighted by molar-refractivity contribution is -0.142. The molecule has 5 nitrogen and oxygen atoms in total. The third kappa shape index (κ3) is 2.59. The Hall–Kier alpha value is -2.12. The largest absolute Gasteiger partial charge is 0.481 e. The lowest BCUT2D eigenvalue weighted by atomic mass is 10.1. The highest BCUT2D eigenvalue weighted by Crippen LogP contribution is 2.32. The van der Waals surface area contributed by atoms with Crippen LogP contribution in [0, 0.1) is 12.8 Å². The molecule has 1 unspecified atom stereocenters. The molecule has 1 saturated heterocycles. The molecule has 108 valence electrons. The molecule has 0 aliphatic carbocycles. The number of rotatable bonds is 2. The number of carbonyl (C=O) groups excluding carboxylic acids is 1. The number of aliphatic carboxylic acids is 1. The predicted octanol–water partition coefficient (Wildman–Crippen LogP) is 1.85. The fraction of sp³-hybridized carbons (Fsp3) is 0.417. The highest BCUT2D eigenvalue weighted by atomic mass is 19.4. The molecule has 0 spiro atoms. The smallest absolute Gasteiger partial charge is 0.433 e. The average molecular weight is 288 g/mol. The number of hydrogen-bond acceptors (Lipinski definition) is 3. The minimum absolute atomic E-state index is 0.0409. The summed E-state index contributed by atoms with van der Waals surface area (Å²) in [6.07, 6.45) is -4.71. The number of aromatic nitrogens is 1. The summed E-state index contributed by atoms with van der Waals surface area (Å²) in [6, 6.07) is 1.93. The van der Waals surface area contributed by atoms with E-state index in [1.54, 1.807) is 0 Å². The molecule has 0 radical (unpaired) electrons. The van der Waals surface area contributed by atoms with Crippen LogP contribution in [0.4, 0.5) is 18.9 Å². The monoisotopic (exact) mass is 288 g/mol. The van der Waals surface area contributed by atoms with Crippen LogP contribution in [0.5, 0.6) is 0 Å². The summed E-state index contributed by atoms with van der Waals surface area (Å²) < 4.78 is 37.5. The van der Waals surface area contributed by atoms with Gasteiger partial charge in [0.25, 0.3) is 0 Å². The molecular formula is C12H11F3N2O3. The Labute approximate surface area is 112 Å². The number of anilines is 1. The van der Waals surface area contributed by atoms with Crippen LogP contribution in [-0.4, -0.2) is 28.5 Å². The highest BCUT2D eigenvalue weighted by molar-refractivity contribution is 5.99. The fourth-order valence-corrected chi connectivity index (χ4v) is 2.10. The van der Waals surface area contributed by atoms with E-state index < -0.39 is 29.7 Å². The van der Waals surface area contributed by atoms with Crippen LogP contribution in [0.2, 0.25) is 0 Å². The van der Waals surface area contributed by atoms with Crippen LogP contribution in [0.1, 0.15) is 17.8 Å². The fourth-order valence-electron chi connectivity index (χ4n) is 2.10. The molecule has 1 aromatic heterocycles. The van der Waals surface area contributed by atoms with E-state index in [1.165, 1.54) is 11.8 Å². The first-order valence-electron chi connectivity index (χ1n) is 5.78. The molecule has 1 aliphatic heterocycles. The van der Waals surface area contributed by atoms with Gasteiger partial charge >= 0.3 is 12.1 Å². The van der Waals surface area contributed by atoms with Crippen LogP contribution < -0.4 is 4.90 Å². The van der Waals surface area contributed by atoms with Crippen molar-refractivity contribution in [2.75, 3.05) is 11.4 Å². The van der Waals surface area contributed by atoms with Crippen LogP contribution in [0.3, 0.4) is 0 Å². The van der Waals surface area contributed by atoms with Crippen molar-refractivity contribution in [2.45, 2.75) is 19.5 Å². The van der Waals surface area contributed by atoms with E-state index in [2.05, 4.69) is 4.98 Å². The van der Waals surface area contributed by atoms with E-state index in [0.29, 0.717) is 0 Å². The first-order valence-corrected chi connectivity index (χ1v) is 5.78. The lowest BCUT2D eigenvalue weighted by Crippen LogP contribution is -2.27. The zero-order chi connectivity index (χ0) is 15.1. The molecule has 0 bridgehead atoms. The van der Waals surface area contributed by atoms with Crippen molar-refractivity contribution in [3.63, 3.8) is 0 Å². The second-order valence-corrected chi connectivity index (χ2v) is 4.54. The molecule has 0 aromatic carbocycles. The number of amides is 1. The minimum atomic E-state index is -4.55. The zero-order valence-corrected chi connectivity index (χ0v) is 10.4. The van der Waals surface area contributed by atoms with Crippen molar-refractivity contribution in [2.24, 2.45) is 5.92 Å². The van der Waals surface area contributed by atoms with Crippen molar-refractivity contribution >= 4 is 17.6 Å². The Morgan fingerprint density at radius 2 is 2.10 bits per heavy atom. The molecule has 1 fully saturated rings.